The second-order valence-electron chi connectivity index (χ2n) is 5.06. The van der Waals surface area contributed by atoms with E-state index in [1.165, 1.54) is 0 Å². The Balaban J connectivity index is 2.08. The number of nitrogens with two attached hydrogens (primary N) is 1. The van der Waals surface area contributed by atoms with Gasteiger partial charge in [-0.05, 0) is 26.8 Å². The van der Waals surface area contributed by atoms with Gasteiger partial charge in [0, 0.05) is 25.7 Å². The molecule has 0 spiro atoms. The zero-order valence-corrected chi connectivity index (χ0v) is 10.7. The molecule has 90 valence electrons. The second kappa shape index (κ2) is 3.96. The van der Waals surface area contributed by atoms with E-state index in [0.29, 0.717) is 4.99 Å². The van der Waals surface area contributed by atoms with E-state index >= 15 is 0 Å². The van der Waals surface area contributed by atoms with Crippen molar-refractivity contribution in [3.05, 3.63) is 0 Å². The third kappa shape index (κ3) is 1.82. The van der Waals surface area contributed by atoms with Gasteiger partial charge in [-0.2, -0.15) is 0 Å². The molecule has 0 bridgehead atoms. The molecule has 1 aliphatic carbocycles. The van der Waals surface area contributed by atoms with E-state index < -0.39 is 5.41 Å². The Kier molecular flexibility index (Phi) is 2.92. The molecule has 1 saturated heterocycles. The molecule has 0 radical (unpaired) electrons. The number of amides is 1. The monoisotopic (exact) mass is 241 g/mol. The number of thiocarbonyl (C=S) groups is 1. The van der Waals surface area contributed by atoms with Crippen molar-refractivity contribution in [1.82, 2.24) is 9.80 Å². The highest BCUT2D eigenvalue weighted by atomic mass is 32.1. The van der Waals surface area contributed by atoms with E-state index in [1.807, 2.05) is 4.90 Å². The van der Waals surface area contributed by atoms with Crippen molar-refractivity contribution in [2.75, 3.05) is 26.7 Å². The minimum atomic E-state index is -0.487. The lowest BCUT2D eigenvalue weighted by Crippen LogP contribution is -2.56. The van der Waals surface area contributed by atoms with Crippen LogP contribution < -0.4 is 5.73 Å². The predicted molar refractivity (Wildman–Crippen MR) is 67.1 cm³/mol. The smallest absolute Gasteiger partial charge is 0.235 e. The SMILES string of the molecule is CC1CN(C)CCN1C(=O)C1(C(N)=S)CC1. The maximum absolute atomic E-state index is 12.4. The Morgan fingerprint density at radius 3 is 2.50 bits per heavy atom. The number of likely N-dealkylation sites (N-methyl/N-ethyl adjacent to an activating group) is 1. The first-order valence-electron chi connectivity index (χ1n) is 5.77. The highest BCUT2D eigenvalue weighted by Crippen LogP contribution is 2.48. The lowest BCUT2D eigenvalue weighted by molar-refractivity contribution is -0.138. The second-order valence-corrected chi connectivity index (χ2v) is 5.50. The van der Waals surface area contributed by atoms with Crippen molar-refractivity contribution >= 4 is 23.1 Å². The molecular formula is C11H19N3OS. The Labute approximate surface area is 102 Å². The summed E-state index contributed by atoms with van der Waals surface area (Å²) in [6.45, 7) is 4.74. The fourth-order valence-electron chi connectivity index (χ4n) is 2.41. The normalized spacial score (nSPS) is 28.9. The van der Waals surface area contributed by atoms with Gasteiger partial charge in [0.1, 0.15) is 0 Å². The van der Waals surface area contributed by atoms with E-state index in [0.717, 1.165) is 32.5 Å². The molecule has 0 aromatic carbocycles. The summed E-state index contributed by atoms with van der Waals surface area (Å²) in [5.41, 5.74) is 5.20. The van der Waals surface area contributed by atoms with Gasteiger partial charge < -0.3 is 15.5 Å². The number of hydrogen-bond donors (Lipinski definition) is 1. The van der Waals surface area contributed by atoms with Crippen LogP contribution in [0.5, 0.6) is 0 Å². The number of carbonyl (C=O) groups excluding carboxylic acids is 1. The zero-order valence-electron chi connectivity index (χ0n) is 9.90. The van der Waals surface area contributed by atoms with Crippen molar-refractivity contribution in [3.63, 3.8) is 0 Å². The van der Waals surface area contributed by atoms with E-state index in [9.17, 15) is 4.79 Å². The first-order chi connectivity index (χ1) is 7.47. The van der Waals surface area contributed by atoms with E-state index in [2.05, 4.69) is 18.9 Å². The molecule has 2 aliphatic rings. The first kappa shape index (κ1) is 11.8. The molecule has 0 aromatic rings. The molecule has 5 heteroatoms. The molecular weight excluding hydrogens is 222 g/mol. The van der Waals surface area contributed by atoms with Crippen LogP contribution in [0.1, 0.15) is 19.8 Å². The summed E-state index contributed by atoms with van der Waals surface area (Å²) >= 11 is 5.02. The minimum absolute atomic E-state index is 0.153. The minimum Gasteiger partial charge on any atom is -0.392 e. The quantitative estimate of drug-likeness (QED) is 0.703. The summed E-state index contributed by atoms with van der Waals surface area (Å²) in [7, 11) is 2.08. The Morgan fingerprint density at radius 1 is 1.44 bits per heavy atom. The van der Waals surface area contributed by atoms with Gasteiger partial charge in [0.15, 0.2) is 0 Å². The van der Waals surface area contributed by atoms with E-state index in [-0.39, 0.29) is 11.9 Å². The topological polar surface area (TPSA) is 49.6 Å². The average molecular weight is 241 g/mol. The van der Waals surface area contributed by atoms with Crippen LogP contribution in [0, 0.1) is 5.41 Å². The molecule has 1 amide bonds. The molecule has 0 aromatic heterocycles. The van der Waals surface area contributed by atoms with Gasteiger partial charge in [-0.15, -0.1) is 0 Å². The summed E-state index contributed by atoms with van der Waals surface area (Å²) in [6.07, 6.45) is 1.67. The number of rotatable bonds is 2. The maximum Gasteiger partial charge on any atom is 0.235 e. The standard InChI is InChI=1S/C11H19N3OS/c1-8-7-13(2)5-6-14(8)10(15)11(3-4-11)9(12)16/h8H,3-7H2,1-2H3,(H2,12,16). The predicted octanol–water partition coefficient (Wildman–Crippen LogP) is 0.215. The molecule has 2 fully saturated rings. The summed E-state index contributed by atoms with van der Waals surface area (Å²) in [6, 6.07) is 0.262. The van der Waals surface area contributed by atoms with Crippen LogP contribution in [0.3, 0.4) is 0 Å². The third-order valence-electron chi connectivity index (χ3n) is 3.72. The highest BCUT2D eigenvalue weighted by Gasteiger charge is 2.55. The summed E-state index contributed by atoms with van der Waals surface area (Å²) in [4.78, 5) is 17.0. The summed E-state index contributed by atoms with van der Waals surface area (Å²) in [5.74, 6) is 0.153. The van der Waals surface area contributed by atoms with Crippen LogP contribution >= 0.6 is 12.2 Å². The molecule has 2 rings (SSSR count). The maximum atomic E-state index is 12.4. The lowest BCUT2D eigenvalue weighted by atomic mass is 10.0. The molecule has 4 nitrogen and oxygen atoms in total. The Hall–Kier alpha value is -0.680. The molecule has 2 N–H and O–H groups in total. The molecule has 1 unspecified atom stereocenters. The van der Waals surface area contributed by atoms with Crippen molar-refractivity contribution in [1.29, 1.82) is 0 Å². The summed E-state index contributed by atoms with van der Waals surface area (Å²) in [5, 5.41) is 0. The largest absolute Gasteiger partial charge is 0.392 e. The van der Waals surface area contributed by atoms with Crippen molar-refractivity contribution in [2.45, 2.75) is 25.8 Å². The number of hydrogen-bond acceptors (Lipinski definition) is 3. The van der Waals surface area contributed by atoms with Crippen molar-refractivity contribution < 1.29 is 4.79 Å². The average Bonchev–Trinajstić information content (AvgIpc) is 2.97. The third-order valence-corrected chi connectivity index (χ3v) is 4.11. The van der Waals surface area contributed by atoms with E-state index in [1.54, 1.807) is 0 Å². The molecule has 1 heterocycles. The Morgan fingerprint density at radius 2 is 2.06 bits per heavy atom. The van der Waals surface area contributed by atoms with Crippen LogP contribution in [0.2, 0.25) is 0 Å². The summed E-state index contributed by atoms with van der Waals surface area (Å²) < 4.78 is 0. The van der Waals surface area contributed by atoms with Gasteiger partial charge in [0.2, 0.25) is 5.91 Å². The Bertz CT molecular complexity index is 327. The number of piperazine rings is 1. The van der Waals surface area contributed by atoms with Crippen LogP contribution in [0.4, 0.5) is 0 Å². The fraction of sp³-hybridized carbons (Fsp3) is 0.818. The van der Waals surface area contributed by atoms with Crippen LogP contribution in [0.15, 0.2) is 0 Å². The van der Waals surface area contributed by atoms with Gasteiger partial charge in [-0.25, -0.2) is 0 Å². The van der Waals surface area contributed by atoms with Crippen LogP contribution in [0.25, 0.3) is 0 Å². The molecule has 1 aliphatic heterocycles. The van der Waals surface area contributed by atoms with Gasteiger partial charge in [0.25, 0.3) is 0 Å². The van der Waals surface area contributed by atoms with Gasteiger partial charge in [-0.1, -0.05) is 12.2 Å². The van der Waals surface area contributed by atoms with Gasteiger partial charge in [0.05, 0.1) is 10.4 Å². The first-order valence-corrected chi connectivity index (χ1v) is 6.18. The number of nitrogens with zero attached hydrogens (tertiary/aromatic N) is 2. The molecule has 16 heavy (non-hydrogen) atoms. The van der Waals surface area contributed by atoms with Gasteiger partial charge in [-0.3, -0.25) is 4.79 Å². The van der Waals surface area contributed by atoms with Crippen molar-refractivity contribution in [3.8, 4) is 0 Å². The lowest BCUT2D eigenvalue weighted by Gasteiger charge is -2.39. The number of carbonyl (C=O) groups is 1. The molecule has 1 saturated carbocycles. The van der Waals surface area contributed by atoms with Crippen molar-refractivity contribution in [2.24, 2.45) is 11.1 Å². The highest BCUT2D eigenvalue weighted by molar-refractivity contribution is 7.80. The van der Waals surface area contributed by atoms with E-state index in [4.69, 9.17) is 18.0 Å². The van der Waals surface area contributed by atoms with Crippen LogP contribution in [-0.4, -0.2) is 53.4 Å². The fourth-order valence-corrected chi connectivity index (χ4v) is 2.70. The van der Waals surface area contributed by atoms with Crippen LogP contribution in [-0.2, 0) is 4.79 Å². The van der Waals surface area contributed by atoms with Gasteiger partial charge >= 0.3 is 0 Å². The zero-order chi connectivity index (χ0) is 11.9. The molecule has 1 atom stereocenters.